The third kappa shape index (κ3) is 5.08. The van der Waals surface area contributed by atoms with Gasteiger partial charge < -0.3 is 10.1 Å². The molecule has 1 N–H and O–H groups in total. The van der Waals surface area contributed by atoms with E-state index in [9.17, 15) is 14.4 Å². The van der Waals surface area contributed by atoms with Crippen molar-refractivity contribution in [2.45, 2.75) is 25.9 Å². The van der Waals surface area contributed by atoms with Gasteiger partial charge in [0.1, 0.15) is 11.9 Å². The number of aryl methyl sites for hydroxylation is 1. The first kappa shape index (κ1) is 22.0. The lowest BCUT2D eigenvalue weighted by molar-refractivity contribution is -0.153. The molecule has 158 valence electrons. The van der Waals surface area contributed by atoms with Crippen LogP contribution in [0, 0.1) is 11.3 Å². The van der Waals surface area contributed by atoms with Gasteiger partial charge >= 0.3 is 5.97 Å². The van der Waals surface area contributed by atoms with Crippen molar-refractivity contribution in [2.24, 2.45) is 7.05 Å². The number of nitrogens with one attached hydrogen (secondary N) is 1. The number of halogens is 1. The number of benzene rings is 2. The number of anilines is 1. The Balaban J connectivity index is 1.59. The quantitative estimate of drug-likeness (QED) is 0.592. The van der Waals surface area contributed by atoms with Gasteiger partial charge in [0.05, 0.1) is 27.9 Å². The van der Waals surface area contributed by atoms with E-state index < -0.39 is 18.0 Å². The summed E-state index contributed by atoms with van der Waals surface area (Å²) < 4.78 is 6.59. The molecule has 1 aromatic heterocycles. The summed E-state index contributed by atoms with van der Waals surface area (Å²) in [4.78, 5) is 41.4. The third-order valence-electron chi connectivity index (χ3n) is 4.66. The van der Waals surface area contributed by atoms with Gasteiger partial charge in [-0.05, 0) is 37.3 Å². The van der Waals surface area contributed by atoms with Crippen LogP contribution in [-0.4, -0.2) is 27.5 Å². The van der Waals surface area contributed by atoms with Crippen molar-refractivity contribution in [3.05, 3.63) is 69.2 Å². The summed E-state index contributed by atoms with van der Waals surface area (Å²) >= 11 is 5.95. The Labute approximate surface area is 183 Å². The van der Waals surface area contributed by atoms with Crippen LogP contribution in [0.25, 0.3) is 10.9 Å². The molecule has 0 fully saturated rings. The topological polar surface area (TPSA) is 114 Å². The van der Waals surface area contributed by atoms with Crippen LogP contribution in [0.1, 0.15) is 24.7 Å². The number of rotatable bonds is 6. The van der Waals surface area contributed by atoms with Crippen LogP contribution in [0.3, 0.4) is 0 Å². The van der Waals surface area contributed by atoms with Gasteiger partial charge in [0.25, 0.3) is 11.5 Å². The summed E-state index contributed by atoms with van der Waals surface area (Å²) in [6, 6.07) is 13.4. The molecule has 1 atom stereocenters. The number of carbonyl (C=O) groups excluding carboxylic acids is 2. The molecule has 8 nitrogen and oxygen atoms in total. The minimum absolute atomic E-state index is 0.0427. The number of nitrogens with zero attached hydrogens (tertiary/aromatic N) is 3. The highest BCUT2D eigenvalue weighted by molar-refractivity contribution is 6.32. The molecule has 31 heavy (non-hydrogen) atoms. The van der Waals surface area contributed by atoms with E-state index in [1.54, 1.807) is 31.3 Å². The summed E-state index contributed by atoms with van der Waals surface area (Å²) in [6.45, 7) is 1.45. The number of amides is 1. The number of ether oxygens (including phenoxy) is 1. The lowest BCUT2D eigenvalue weighted by Crippen LogP contribution is -2.30. The van der Waals surface area contributed by atoms with Crippen LogP contribution in [0.5, 0.6) is 0 Å². The zero-order valence-corrected chi connectivity index (χ0v) is 17.6. The van der Waals surface area contributed by atoms with Gasteiger partial charge in [-0.25, -0.2) is 4.98 Å². The number of carbonyl (C=O) groups is 2. The number of hydrogen-bond acceptors (Lipinski definition) is 6. The highest BCUT2D eigenvalue weighted by Gasteiger charge is 2.19. The van der Waals surface area contributed by atoms with Crippen LogP contribution in [0.15, 0.2) is 47.3 Å². The lowest BCUT2D eigenvalue weighted by Gasteiger charge is -2.14. The molecule has 1 unspecified atom stereocenters. The molecule has 3 aromatic rings. The fraction of sp³-hybridized carbons (Fsp3) is 0.227. The summed E-state index contributed by atoms with van der Waals surface area (Å²) in [5.74, 6) is -0.682. The summed E-state index contributed by atoms with van der Waals surface area (Å²) in [6.07, 6.45) is -0.899. The Morgan fingerprint density at radius 1 is 1.29 bits per heavy atom. The number of hydrogen-bond donors (Lipinski definition) is 1. The van der Waals surface area contributed by atoms with Crippen molar-refractivity contribution in [1.29, 1.82) is 5.26 Å². The van der Waals surface area contributed by atoms with Crippen LogP contribution in [0.4, 0.5) is 5.69 Å². The smallest absolute Gasteiger partial charge is 0.307 e. The average molecular weight is 439 g/mol. The molecule has 9 heteroatoms. The van der Waals surface area contributed by atoms with Crippen molar-refractivity contribution in [1.82, 2.24) is 9.55 Å². The molecule has 0 saturated heterocycles. The minimum Gasteiger partial charge on any atom is -0.453 e. The second-order valence-electron chi connectivity index (χ2n) is 6.84. The monoisotopic (exact) mass is 438 g/mol. The Hall–Kier alpha value is -3.70. The normalized spacial score (nSPS) is 11.5. The molecular formula is C22H19ClN4O4. The Morgan fingerprint density at radius 3 is 2.74 bits per heavy atom. The summed E-state index contributed by atoms with van der Waals surface area (Å²) in [5, 5.41) is 12.2. The fourth-order valence-electron chi connectivity index (χ4n) is 2.94. The van der Waals surface area contributed by atoms with Crippen LogP contribution < -0.4 is 10.9 Å². The van der Waals surface area contributed by atoms with Gasteiger partial charge in [0.15, 0.2) is 6.10 Å². The molecule has 0 aliphatic heterocycles. The highest BCUT2D eigenvalue weighted by Crippen LogP contribution is 2.20. The van der Waals surface area contributed by atoms with E-state index in [0.717, 1.165) is 0 Å². The standard InChI is InChI=1S/C22H19ClN4O4/c1-13(21(29)25-15-8-7-14(12-24)17(23)11-15)31-20(28)10-9-19-26-18-6-4-3-5-16(18)22(30)27(19)2/h3-8,11,13H,9-10H2,1-2H3,(H,25,29). The molecule has 0 saturated carbocycles. The first-order valence-electron chi connectivity index (χ1n) is 9.44. The van der Waals surface area contributed by atoms with Crippen molar-refractivity contribution in [3.8, 4) is 6.07 Å². The maximum atomic E-state index is 12.4. The van der Waals surface area contributed by atoms with Crippen molar-refractivity contribution in [2.75, 3.05) is 5.32 Å². The maximum Gasteiger partial charge on any atom is 0.307 e. The van der Waals surface area contributed by atoms with Gasteiger partial charge in [-0.1, -0.05) is 23.7 Å². The molecule has 0 bridgehead atoms. The molecule has 1 amide bonds. The van der Waals surface area contributed by atoms with Crippen molar-refractivity contribution < 1.29 is 14.3 Å². The van der Waals surface area contributed by atoms with E-state index >= 15 is 0 Å². The largest absolute Gasteiger partial charge is 0.453 e. The number of esters is 1. The molecule has 2 aromatic carbocycles. The van der Waals surface area contributed by atoms with Gasteiger partial charge in [-0.3, -0.25) is 19.0 Å². The molecule has 0 radical (unpaired) electrons. The Kier molecular flexibility index (Phi) is 6.68. The second kappa shape index (κ2) is 9.41. The fourth-order valence-corrected chi connectivity index (χ4v) is 3.16. The zero-order chi connectivity index (χ0) is 22.5. The molecule has 0 aliphatic carbocycles. The first-order valence-corrected chi connectivity index (χ1v) is 9.82. The van der Waals surface area contributed by atoms with Gasteiger partial charge in [-0.15, -0.1) is 0 Å². The second-order valence-corrected chi connectivity index (χ2v) is 7.24. The van der Waals surface area contributed by atoms with E-state index in [2.05, 4.69) is 10.3 Å². The van der Waals surface area contributed by atoms with E-state index in [0.29, 0.717) is 22.4 Å². The predicted molar refractivity (Wildman–Crippen MR) is 116 cm³/mol. The number of para-hydroxylation sites is 1. The summed E-state index contributed by atoms with van der Waals surface area (Å²) in [7, 11) is 1.60. The third-order valence-corrected chi connectivity index (χ3v) is 4.98. The van der Waals surface area contributed by atoms with E-state index in [-0.39, 0.29) is 29.0 Å². The predicted octanol–water partition coefficient (Wildman–Crippen LogP) is 2.96. The van der Waals surface area contributed by atoms with Gasteiger partial charge in [-0.2, -0.15) is 5.26 Å². The molecule has 3 rings (SSSR count). The molecule has 0 aliphatic rings. The van der Waals surface area contributed by atoms with Crippen LogP contribution >= 0.6 is 11.6 Å². The van der Waals surface area contributed by atoms with Crippen LogP contribution in [-0.2, 0) is 27.8 Å². The van der Waals surface area contributed by atoms with Crippen LogP contribution in [0.2, 0.25) is 5.02 Å². The van der Waals surface area contributed by atoms with E-state index in [1.807, 2.05) is 6.07 Å². The molecule has 0 spiro atoms. The first-order chi connectivity index (χ1) is 14.8. The molecular weight excluding hydrogens is 420 g/mol. The zero-order valence-electron chi connectivity index (χ0n) is 16.9. The van der Waals surface area contributed by atoms with Crippen molar-refractivity contribution in [3.63, 3.8) is 0 Å². The van der Waals surface area contributed by atoms with E-state index in [4.69, 9.17) is 21.6 Å². The molecule has 1 heterocycles. The van der Waals surface area contributed by atoms with E-state index in [1.165, 1.54) is 29.7 Å². The Bertz CT molecular complexity index is 1260. The SMILES string of the molecule is CC(OC(=O)CCc1nc2ccccc2c(=O)n1C)C(=O)Nc1ccc(C#N)c(Cl)c1. The number of aromatic nitrogens is 2. The van der Waals surface area contributed by atoms with Crippen molar-refractivity contribution >= 4 is 40.1 Å². The van der Waals surface area contributed by atoms with Gasteiger partial charge in [0, 0.05) is 19.2 Å². The summed E-state index contributed by atoms with van der Waals surface area (Å²) in [5.41, 5.74) is 1.04. The average Bonchev–Trinajstić information content (AvgIpc) is 2.75. The highest BCUT2D eigenvalue weighted by atomic mass is 35.5. The Morgan fingerprint density at radius 2 is 2.03 bits per heavy atom. The van der Waals surface area contributed by atoms with Gasteiger partial charge in [0.2, 0.25) is 0 Å². The number of nitriles is 1. The minimum atomic E-state index is -1.05. The number of fused-ring (bicyclic) bond motifs is 1. The maximum absolute atomic E-state index is 12.4. The lowest BCUT2D eigenvalue weighted by atomic mass is 10.2.